The lowest BCUT2D eigenvalue weighted by Gasteiger charge is -2.39. The van der Waals surface area contributed by atoms with Gasteiger partial charge in [-0.25, -0.2) is 21.2 Å². The zero-order valence-electron chi connectivity index (χ0n) is 27.8. The van der Waals surface area contributed by atoms with Gasteiger partial charge in [0.05, 0.1) is 11.4 Å². The fourth-order valence-corrected chi connectivity index (χ4v) is 8.47. The third-order valence-electron chi connectivity index (χ3n) is 9.74. The van der Waals surface area contributed by atoms with Crippen molar-refractivity contribution in [2.45, 2.75) is 69.9 Å². The highest BCUT2D eigenvalue weighted by Crippen LogP contribution is 2.47. The molecule has 1 saturated heterocycles. The summed E-state index contributed by atoms with van der Waals surface area (Å²) in [6, 6.07) is 8.27. The van der Waals surface area contributed by atoms with Crippen LogP contribution in [0.4, 0.5) is 20.2 Å². The fraction of sp³-hybridized carbons (Fsp3) is 0.351. The van der Waals surface area contributed by atoms with E-state index < -0.39 is 32.0 Å². The average molecular weight is 689 g/mol. The van der Waals surface area contributed by atoms with Crippen molar-refractivity contribution >= 4 is 38.5 Å². The van der Waals surface area contributed by atoms with Crippen LogP contribution in [0, 0.1) is 11.6 Å². The molecule has 0 saturated carbocycles. The van der Waals surface area contributed by atoms with Gasteiger partial charge in [-0.1, -0.05) is 23.8 Å². The summed E-state index contributed by atoms with van der Waals surface area (Å²) in [5.41, 5.74) is 2.71. The molecule has 3 atom stereocenters. The quantitative estimate of drug-likeness (QED) is 0.206. The first-order valence-electron chi connectivity index (χ1n) is 16.4. The predicted molar refractivity (Wildman–Crippen MR) is 188 cm³/mol. The molecule has 9 nitrogen and oxygen atoms in total. The van der Waals surface area contributed by atoms with E-state index >= 15 is 4.39 Å². The standard InChI is InChI=1S/C37H38F2N4O5S/c1-23-10-14-37(3,15-11-23)49(45,46)42-17-13-26-28(22-41(4)36(44)35(26)42)27-20-31-30(21-33(27)48-32-9-8-25(38)19-29(32)39)40-16-12-24(2)43(31)34-7-5-6-18-47-34/h8-11,13-14,16-17,19-22,24,34H,5-7,12,15,18H2,1-4H3. The minimum atomic E-state index is -4.11. The van der Waals surface area contributed by atoms with E-state index in [1.807, 2.05) is 25.3 Å². The number of fused-ring (bicyclic) bond motifs is 2. The molecule has 4 heterocycles. The molecule has 0 amide bonds. The van der Waals surface area contributed by atoms with E-state index in [9.17, 15) is 17.6 Å². The molecule has 2 aliphatic heterocycles. The first-order chi connectivity index (χ1) is 23.4. The summed E-state index contributed by atoms with van der Waals surface area (Å²) in [4.78, 5) is 20.7. The van der Waals surface area contributed by atoms with E-state index in [0.29, 0.717) is 35.2 Å². The van der Waals surface area contributed by atoms with Crippen molar-refractivity contribution in [3.63, 3.8) is 0 Å². The molecule has 1 fully saturated rings. The number of benzene rings is 2. The summed E-state index contributed by atoms with van der Waals surface area (Å²) < 4.78 is 71.0. The van der Waals surface area contributed by atoms with Crippen molar-refractivity contribution in [1.29, 1.82) is 0 Å². The van der Waals surface area contributed by atoms with Gasteiger partial charge in [0.15, 0.2) is 11.6 Å². The summed E-state index contributed by atoms with van der Waals surface area (Å²) in [7, 11) is -2.56. The normalized spacial score (nSPS) is 22.6. The van der Waals surface area contributed by atoms with Crippen LogP contribution in [0.15, 0.2) is 82.4 Å². The third kappa shape index (κ3) is 5.70. The molecule has 1 aliphatic carbocycles. The number of aromatic nitrogens is 2. The highest BCUT2D eigenvalue weighted by atomic mass is 32.2. The van der Waals surface area contributed by atoms with E-state index in [1.54, 1.807) is 44.5 Å². The first-order valence-corrected chi connectivity index (χ1v) is 17.9. The Hall–Kier alpha value is -4.55. The molecule has 3 unspecified atom stereocenters. The lowest BCUT2D eigenvalue weighted by Crippen LogP contribution is -2.45. The summed E-state index contributed by atoms with van der Waals surface area (Å²) in [5.74, 6) is -1.65. The van der Waals surface area contributed by atoms with Crippen LogP contribution in [0.3, 0.4) is 0 Å². The van der Waals surface area contributed by atoms with E-state index in [2.05, 4.69) is 11.8 Å². The van der Waals surface area contributed by atoms with Crippen LogP contribution >= 0.6 is 0 Å². The van der Waals surface area contributed by atoms with Gasteiger partial charge in [0, 0.05) is 73.4 Å². The molecule has 12 heteroatoms. The van der Waals surface area contributed by atoms with Gasteiger partial charge in [-0.3, -0.25) is 9.79 Å². The minimum Gasteiger partial charge on any atom is -0.454 e. The Bertz CT molecular complexity index is 2230. The molecule has 256 valence electrons. The number of halogens is 2. The molecule has 7 rings (SSSR count). The second-order valence-corrected chi connectivity index (χ2v) is 15.6. The van der Waals surface area contributed by atoms with E-state index in [-0.39, 0.29) is 35.7 Å². The Labute approximate surface area is 283 Å². The van der Waals surface area contributed by atoms with Crippen LogP contribution in [0.2, 0.25) is 0 Å². The Morgan fingerprint density at radius 1 is 1.08 bits per heavy atom. The number of aliphatic imine (C=N–C) groups is 1. The number of ether oxygens (including phenoxy) is 2. The van der Waals surface area contributed by atoms with E-state index in [1.165, 1.54) is 16.8 Å². The van der Waals surface area contributed by atoms with Crippen LogP contribution in [-0.4, -0.2) is 46.8 Å². The number of nitrogens with zero attached hydrogens (tertiary/aromatic N) is 4. The van der Waals surface area contributed by atoms with Crippen LogP contribution in [-0.2, 0) is 21.8 Å². The van der Waals surface area contributed by atoms with Crippen molar-refractivity contribution in [3.8, 4) is 22.6 Å². The predicted octanol–water partition coefficient (Wildman–Crippen LogP) is 7.75. The second kappa shape index (κ2) is 12.4. The number of anilines is 1. The van der Waals surface area contributed by atoms with Crippen LogP contribution in [0.5, 0.6) is 11.5 Å². The van der Waals surface area contributed by atoms with Gasteiger partial charge in [-0.05, 0) is 70.7 Å². The minimum absolute atomic E-state index is 0.0198. The largest absolute Gasteiger partial charge is 0.454 e. The molecule has 3 aliphatic rings. The van der Waals surface area contributed by atoms with Crippen molar-refractivity contribution in [2.24, 2.45) is 12.0 Å². The number of hydrogen-bond donors (Lipinski definition) is 0. The molecule has 49 heavy (non-hydrogen) atoms. The van der Waals surface area contributed by atoms with Crippen LogP contribution in [0.25, 0.3) is 22.0 Å². The van der Waals surface area contributed by atoms with E-state index in [0.717, 1.165) is 46.6 Å². The Balaban J connectivity index is 1.47. The lowest BCUT2D eigenvalue weighted by molar-refractivity contribution is 0.0105. The fourth-order valence-electron chi connectivity index (χ4n) is 6.84. The van der Waals surface area contributed by atoms with Crippen molar-refractivity contribution in [2.75, 3.05) is 11.5 Å². The maximum Gasteiger partial charge on any atom is 0.275 e. The summed E-state index contributed by atoms with van der Waals surface area (Å²) in [5, 5.41) is 0.372. The molecular formula is C37H38F2N4O5S. The Morgan fingerprint density at radius 2 is 1.90 bits per heavy atom. The summed E-state index contributed by atoms with van der Waals surface area (Å²) in [6.07, 6.45) is 13.7. The third-order valence-corrected chi connectivity index (χ3v) is 12.0. The molecule has 4 aromatic rings. The number of hydrogen-bond acceptors (Lipinski definition) is 7. The van der Waals surface area contributed by atoms with Gasteiger partial charge in [0.2, 0.25) is 10.0 Å². The highest BCUT2D eigenvalue weighted by molar-refractivity contribution is 7.91. The molecule has 2 aromatic heterocycles. The van der Waals surface area contributed by atoms with Gasteiger partial charge in [-0.15, -0.1) is 0 Å². The Morgan fingerprint density at radius 3 is 2.61 bits per heavy atom. The number of pyridine rings is 1. The smallest absolute Gasteiger partial charge is 0.275 e. The van der Waals surface area contributed by atoms with Gasteiger partial charge in [-0.2, -0.15) is 0 Å². The number of aryl methyl sites for hydroxylation is 1. The molecule has 2 aromatic carbocycles. The van der Waals surface area contributed by atoms with Gasteiger partial charge >= 0.3 is 0 Å². The molecule has 0 N–H and O–H groups in total. The average Bonchev–Trinajstić information content (AvgIpc) is 3.47. The molecule has 0 bridgehead atoms. The van der Waals surface area contributed by atoms with Gasteiger partial charge in [0.1, 0.15) is 28.1 Å². The van der Waals surface area contributed by atoms with Crippen molar-refractivity contribution < 1.29 is 26.7 Å². The monoisotopic (exact) mass is 688 g/mol. The molecule has 0 radical (unpaired) electrons. The van der Waals surface area contributed by atoms with Crippen LogP contribution in [0.1, 0.15) is 52.9 Å². The molecular weight excluding hydrogens is 650 g/mol. The van der Waals surface area contributed by atoms with Crippen LogP contribution < -0.4 is 15.2 Å². The second-order valence-electron chi connectivity index (χ2n) is 13.3. The SMILES string of the molecule is CC1=CCC(C)(S(=O)(=O)n2ccc3c(-c4cc5c(cc4Oc4ccc(F)cc4F)N=CCC(C)N5C4CCCCO4)cn(C)c(=O)c32)C=C1. The maximum atomic E-state index is 15.0. The van der Waals surface area contributed by atoms with E-state index in [4.69, 9.17) is 14.5 Å². The number of rotatable bonds is 6. The maximum absolute atomic E-state index is 15.0. The zero-order chi connectivity index (χ0) is 34.7. The van der Waals surface area contributed by atoms with Gasteiger partial charge in [0.25, 0.3) is 5.56 Å². The topological polar surface area (TPSA) is 95.1 Å². The summed E-state index contributed by atoms with van der Waals surface area (Å²) >= 11 is 0. The Kier molecular flexibility index (Phi) is 8.35. The van der Waals surface area contributed by atoms with Gasteiger partial charge < -0.3 is 18.9 Å². The van der Waals surface area contributed by atoms with Crippen molar-refractivity contribution in [1.82, 2.24) is 8.54 Å². The number of allylic oxidation sites excluding steroid dienone is 3. The molecule has 0 spiro atoms. The zero-order valence-corrected chi connectivity index (χ0v) is 28.6. The highest BCUT2D eigenvalue weighted by Gasteiger charge is 2.40. The lowest BCUT2D eigenvalue weighted by atomic mass is 9.98. The first kappa shape index (κ1) is 33.0. The summed E-state index contributed by atoms with van der Waals surface area (Å²) in [6.45, 7) is 6.28. The van der Waals surface area contributed by atoms with Crippen molar-refractivity contribution in [3.05, 3.63) is 94.6 Å².